The molecule has 5 nitrogen and oxygen atoms in total. The summed E-state index contributed by atoms with van der Waals surface area (Å²) in [5, 5.41) is 10.9. The van der Waals surface area contributed by atoms with Crippen LogP contribution >= 0.6 is 11.3 Å². The second kappa shape index (κ2) is 9.99. The van der Waals surface area contributed by atoms with Crippen LogP contribution in [0.3, 0.4) is 0 Å². The Bertz CT molecular complexity index is 1080. The number of anilines is 1. The minimum Gasteiger partial charge on any atom is -0.380 e. The Labute approximate surface area is 194 Å². The Morgan fingerprint density at radius 3 is 2.59 bits per heavy atom. The number of piperidine rings is 1. The second-order valence-electron chi connectivity index (χ2n) is 8.85. The SMILES string of the molecule is N#Cc1sc2nccc(N3CCC(COCCN4CCCC4)CC3)c2c1-c1ccccc1. The number of nitrogens with zero attached hydrogens (tertiary/aromatic N) is 4. The van der Waals surface area contributed by atoms with Gasteiger partial charge in [0, 0.05) is 49.1 Å². The predicted molar refractivity (Wildman–Crippen MR) is 131 cm³/mol. The van der Waals surface area contributed by atoms with Crippen LogP contribution in [-0.2, 0) is 4.74 Å². The summed E-state index contributed by atoms with van der Waals surface area (Å²) in [6.07, 6.45) is 6.85. The fraction of sp³-hybridized carbons (Fsp3) is 0.462. The molecule has 2 aromatic heterocycles. The standard InChI is InChI=1S/C26H30N4OS/c27-18-23-24(21-6-2-1-3-7-21)25-22(8-11-28-26(25)32-23)30-14-9-20(10-15-30)19-31-17-16-29-12-4-5-13-29/h1-3,6-8,11,20H,4-5,9-10,12-17,19H2. The first-order chi connectivity index (χ1) is 15.8. The van der Waals surface area contributed by atoms with Crippen LogP contribution in [0.25, 0.3) is 21.3 Å². The molecular weight excluding hydrogens is 416 g/mol. The maximum atomic E-state index is 9.79. The van der Waals surface area contributed by atoms with Gasteiger partial charge in [-0.05, 0) is 56.3 Å². The predicted octanol–water partition coefficient (Wildman–Crippen LogP) is 5.16. The van der Waals surface area contributed by atoms with Crippen molar-refractivity contribution in [2.75, 3.05) is 50.8 Å². The molecule has 2 saturated heterocycles. The topological polar surface area (TPSA) is 52.4 Å². The fourth-order valence-electron chi connectivity index (χ4n) is 5.02. The van der Waals surface area contributed by atoms with Crippen molar-refractivity contribution in [2.24, 2.45) is 5.92 Å². The van der Waals surface area contributed by atoms with Crippen LogP contribution < -0.4 is 4.90 Å². The summed E-state index contributed by atoms with van der Waals surface area (Å²) in [6, 6.07) is 14.8. The Hall–Kier alpha value is -2.46. The minimum atomic E-state index is 0.632. The molecule has 0 N–H and O–H groups in total. The van der Waals surface area contributed by atoms with Gasteiger partial charge in [0.2, 0.25) is 0 Å². The van der Waals surface area contributed by atoms with Gasteiger partial charge >= 0.3 is 0 Å². The summed E-state index contributed by atoms with van der Waals surface area (Å²) >= 11 is 1.50. The molecule has 3 aromatic rings. The number of nitriles is 1. The molecule has 4 heterocycles. The Balaban J connectivity index is 1.27. The average Bonchev–Trinajstić information content (AvgIpc) is 3.50. The Morgan fingerprint density at radius 2 is 1.84 bits per heavy atom. The Morgan fingerprint density at radius 1 is 1.06 bits per heavy atom. The second-order valence-corrected chi connectivity index (χ2v) is 9.85. The monoisotopic (exact) mass is 446 g/mol. The number of benzene rings is 1. The summed E-state index contributed by atoms with van der Waals surface area (Å²) in [6.45, 7) is 7.33. The smallest absolute Gasteiger partial charge is 0.127 e. The van der Waals surface area contributed by atoms with Crippen molar-refractivity contribution >= 4 is 27.2 Å². The molecule has 166 valence electrons. The number of ether oxygens (including phenoxy) is 1. The molecule has 0 saturated carbocycles. The van der Waals surface area contributed by atoms with E-state index in [9.17, 15) is 5.26 Å². The maximum Gasteiger partial charge on any atom is 0.127 e. The molecule has 0 radical (unpaired) electrons. The van der Waals surface area contributed by atoms with E-state index in [4.69, 9.17) is 4.74 Å². The first-order valence-corrected chi connectivity index (χ1v) is 12.6. The van der Waals surface area contributed by atoms with Crippen LogP contribution in [0.15, 0.2) is 42.6 Å². The van der Waals surface area contributed by atoms with Gasteiger partial charge < -0.3 is 14.5 Å². The average molecular weight is 447 g/mol. The van der Waals surface area contributed by atoms with Crippen LogP contribution in [0, 0.1) is 17.2 Å². The van der Waals surface area contributed by atoms with E-state index in [0.29, 0.717) is 5.92 Å². The van der Waals surface area contributed by atoms with Gasteiger partial charge in [0.05, 0.1) is 6.61 Å². The molecule has 0 atom stereocenters. The molecule has 0 unspecified atom stereocenters. The third-order valence-electron chi connectivity index (χ3n) is 6.79. The summed E-state index contributed by atoms with van der Waals surface area (Å²) < 4.78 is 6.04. The van der Waals surface area contributed by atoms with Crippen molar-refractivity contribution in [2.45, 2.75) is 25.7 Å². The van der Waals surface area contributed by atoms with Gasteiger partial charge in [-0.3, -0.25) is 0 Å². The zero-order valence-electron chi connectivity index (χ0n) is 18.5. The van der Waals surface area contributed by atoms with Crippen molar-refractivity contribution in [3.63, 3.8) is 0 Å². The number of rotatable bonds is 7. The van der Waals surface area contributed by atoms with Crippen LogP contribution in [-0.4, -0.2) is 55.8 Å². The van der Waals surface area contributed by atoms with Crippen LogP contribution in [0.2, 0.25) is 0 Å². The van der Waals surface area contributed by atoms with Gasteiger partial charge in [-0.1, -0.05) is 30.3 Å². The number of fused-ring (bicyclic) bond motifs is 1. The molecule has 2 fully saturated rings. The molecule has 2 aliphatic heterocycles. The number of hydrogen-bond donors (Lipinski definition) is 0. The molecule has 2 aliphatic rings. The quantitative estimate of drug-likeness (QED) is 0.469. The van der Waals surface area contributed by atoms with E-state index < -0.39 is 0 Å². The summed E-state index contributed by atoms with van der Waals surface area (Å²) in [4.78, 5) is 11.3. The maximum absolute atomic E-state index is 9.79. The number of aromatic nitrogens is 1. The molecule has 1 aromatic carbocycles. The van der Waals surface area contributed by atoms with E-state index in [0.717, 1.165) is 71.9 Å². The number of pyridine rings is 1. The highest BCUT2D eigenvalue weighted by molar-refractivity contribution is 7.19. The van der Waals surface area contributed by atoms with E-state index in [2.05, 4.69) is 39.1 Å². The van der Waals surface area contributed by atoms with E-state index in [1.165, 1.54) is 43.0 Å². The highest BCUT2D eigenvalue weighted by Gasteiger charge is 2.24. The van der Waals surface area contributed by atoms with E-state index >= 15 is 0 Å². The van der Waals surface area contributed by atoms with Crippen molar-refractivity contribution < 1.29 is 4.74 Å². The lowest BCUT2D eigenvalue weighted by molar-refractivity contribution is 0.0753. The molecule has 6 heteroatoms. The van der Waals surface area contributed by atoms with Crippen molar-refractivity contribution in [1.82, 2.24) is 9.88 Å². The molecule has 0 spiro atoms. The molecular formula is C26H30N4OS. The van der Waals surface area contributed by atoms with Gasteiger partial charge in [-0.25, -0.2) is 4.98 Å². The van der Waals surface area contributed by atoms with Gasteiger partial charge in [0.25, 0.3) is 0 Å². The normalized spacial score (nSPS) is 17.8. The third kappa shape index (κ3) is 4.52. The van der Waals surface area contributed by atoms with Gasteiger partial charge in [-0.15, -0.1) is 11.3 Å². The zero-order chi connectivity index (χ0) is 21.8. The fourth-order valence-corrected chi connectivity index (χ4v) is 6.00. The molecule has 0 aliphatic carbocycles. The van der Waals surface area contributed by atoms with Crippen molar-refractivity contribution in [3.8, 4) is 17.2 Å². The molecule has 0 amide bonds. The number of thiophene rings is 1. The largest absolute Gasteiger partial charge is 0.380 e. The van der Waals surface area contributed by atoms with Gasteiger partial charge in [-0.2, -0.15) is 5.26 Å². The zero-order valence-corrected chi connectivity index (χ0v) is 19.3. The highest BCUT2D eigenvalue weighted by Crippen LogP contribution is 2.43. The summed E-state index contributed by atoms with van der Waals surface area (Å²) in [5.74, 6) is 0.632. The van der Waals surface area contributed by atoms with Crippen LogP contribution in [0.5, 0.6) is 0 Å². The van der Waals surface area contributed by atoms with Gasteiger partial charge in [0.1, 0.15) is 15.8 Å². The molecule has 5 rings (SSSR count). The van der Waals surface area contributed by atoms with Crippen LogP contribution in [0.1, 0.15) is 30.6 Å². The molecule has 32 heavy (non-hydrogen) atoms. The number of hydrogen-bond acceptors (Lipinski definition) is 6. The first-order valence-electron chi connectivity index (χ1n) is 11.8. The van der Waals surface area contributed by atoms with E-state index in [1.807, 2.05) is 24.4 Å². The summed E-state index contributed by atoms with van der Waals surface area (Å²) in [7, 11) is 0. The van der Waals surface area contributed by atoms with Gasteiger partial charge in [0.15, 0.2) is 0 Å². The Kier molecular flexibility index (Phi) is 6.68. The molecule has 0 bridgehead atoms. The van der Waals surface area contributed by atoms with Crippen molar-refractivity contribution in [3.05, 3.63) is 47.5 Å². The van der Waals surface area contributed by atoms with E-state index in [1.54, 1.807) is 0 Å². The van der Waals surface area contributed by atoms with Crippen molar-refractivity contribution in [1.29, 1.82) is 5.26 Å². The summed E-state index contributed by atoms with van der Waals surface area (Å²) in [5.41, 5.74) is 3.33. The lowest BCUT2D eigenvalue weighted by Gasteiger charge is -2.34. The number of likely N-dealkylation sites (tertiary alicyclic amines) is 1. The lowest BCUT2D eigenvalue weighted by atomic mass is 9.96. The first kappa shape index (κ1) is 21.4. The van der Waals surface area contributed by atoms with Crippen LogP contribution in [0.4, 0.5) is 5.69 Å². The van der Waals surface area contributed by atoms with E-state index in [-0.39, 0.29) is 0 Å². The highest BCUT2D eigenvalue weighted by atomic mass is 32.1. The third-order valence-corrected chi connectivity index (χ3v) is 7.80. The minimum absolute atomic E-state index is 0.632. The lowest BCUT2D eigenvalue weighted by Crippen LogP contribution is -2.35.